The summed E-state index contributed by atoms with van der Waals surface area (Å²) in [6.07, 6.45) is -6.46. The number of hydrogen-bond donors (Lipinski definition) is 3. The second-order valence-electron chi connectivity index (χ2n) is 10.8. The van der Waals surface area contributed by atoms with Crippen LogP contribution in [0.1, 0.15) is 34.0 Å². The maximum atomic E-state index is 13.7. The minimum Gasteiger partial charge on any atom is -0.508 e. The van der Waals surface area contributed by atoms with Crippen molar-refractivity contribution in [2.75, 3.05) is 5.88 Å². The monoisotopic (exact) mass is 629 g/mol. The van der Waals surface area contributed by atoms with E-state index in [1.807, 2.05) is 6.07 Å². The molecule has 44 heavy (non-hydrogen) atoms. The molecule has 0 saturated carbocycles. The smallest absolute Gasteiger partial charge is 0.508 e. The van der Waals surface area contributed by atoms with E-state index in [0.717, 1.165) is 11.6 Å². The van der Waals surface area contributed by atoms with Crippen molar-refractivity contribution in [1.82, 2.24) is 15.1 Å². The second kappa shape index (κ2) is 12.0. The molecule has 0 spiro atoms. The first kappa shape index (κ1) is 31.2. The van der Waals surface area contributed by atoms with E-state index in [-0.39, 0.29) is 30.2 Å². The van der Waals surface area contributed by atoms with Crippen LogP contribution in [0.25, 0.3) is 0 Å². The summed E-state index contributed by atoms with van der Waals surface area (Å²) in [5.41, 5.74) is 1.69. The Morgan fingerprint density at radius 3 is 2.48 bits per heavy atom. The first-order valence-corrected chi connectivity index (χ1v) is 14.7. The van der Waals surface area contributed by atoms with E-state index in [4.69, 9.17) is 0 Å². The lowest BCUT2D eigenvalue weighted by molar-refractivity contribution is -0.274. The standard InChI is InChI=1S/C31H30F3N3O6S/c1-18-22(12-7-13-24(18)38)27(40)35-23(15-19-8-4-3-5-9-19)25(39)28(41)36-17-44-30(2)26(36)29(42)37(30)16-20-10-6-11-21(14-20)43-31(32,33)34/h3-14,23,25-26,38-39H,15-17H2,1-2H3,(H,35,40)/t23-,25?,26+,30?/m0/s1. The molecule has 3 amide bonds. The van der Waals surface area contributed by atoms with Crippen LogP contribution < -0.4 is 10.1 Å². The molecule has 0 radical (unpaired) electrons. The highest BCUT2D eigenvalue weighted by molar-refractivity contribution is 8.01. The summed E-state index contributed by atoms with van der Waals surface area (Å²) >= 11 is 1.30. The van der Waals surface area contributed by atoms with Crippen LogP contribution in [0.15, 0.2) is 72.8 Å². The number of aromatic hydroxyl groups is 1. The minimum absolute atomic E-state index is 0.00552. The molecular weight excluding hydrogens is 599 g/mol. The lowest BCUT2D eigenvalue weighted by Crippen LogP contribution is -2.73. The molecule has 0 aromatic heterocycles. The van der Waals surface area contributed by atoms with Crippen molar-refractivity contribution in [2.45, 2.75) is 56.2 Å². The maximum absolute atomic E-state index is 13.7. The number of nitrogens with one attached hydrogen (secondary N) is 1. The van der Waals surface area contributed by atoms with Gasteiger partial charge in [-0.2, -0.15) is 0 Å². The number of rotatable bonds is 9. The van der Waals surface area contributed by atoms with E-state index in [9.17, 15) is 37.8 Å². The molecule has 3 aromatic carbocycles. The highest BCUT2D eigenvalue weighted by atomic mass is 32.2. The second-order valence-corrected chi connectivity index (χ2v) is 12.2. The number of aliphatic hydroxyl groups is 1. The number of phenolic OH excluding ortho intramolecular Hbond substituents is 1. The number of carbonyl (C=O) groups excluding carboxylic acids is 3. The van der Waals surface area contributed by atoms with Crippen molar-refractivity contribution < 1.29 is 42.5 Å². The van der Waals surface area contributed by atoms with Crippen LogP contribution in [0, 0.1) is 6.92 Å². The zero-order valence-electron chi connectivity index (χ0n) is 23.7. The number of aliphatic hydroxyl groups excluding tert-OH is 1. The van der Waals surface area contributed by atoms with E-state index in [0.29, 0.717) is 11.1 Å². The number of ether oxygens (including phenoxy) is 1. The summed E-state index contributed by atoms with van der Waals surface area (Å²) in [7, 11) is 0. The third-order valence-electron chi connectivity index (χ3n) is 7.91. The average Bonchev–Trinajstić information content (AvgIpc) is 3.29. The number of amides is 3. The summed E-state index contributed by atoms with van der Waals surface area (Å²) in [5, 5.41) is 24.1. The molecule has 2 aliphatic rings. The first-order valence-electron chi connectivity index (χ1n) is 13.7. The number of carbonyl (C=O) groups is 3. The fourth-order valence-corrected chi connectivity index (χ4v) is 6.92. The summed E-state index contributed by atoms with van der Waals surface area (Å²) in [6, 6.07) is 16.8. The molecular formula is C31H30F3N3O6S. The highest BCUT2D eigenvalue weighted by Crippen LogP contribution is 2.51. The number of halogens is 3. The lowest BCUT2D eigenvalue weighted by Gasteiger charge is -2.52. The van der Waals surface area contributed by atoms with Crippen LogP contribution >= 0.6 is 11.8 Å². The van der Waals surface area contributed by atoms with Crippen LogP contribution in [0.3, 0.4) is 0 Å². The predicted octanol–water partition coefficient (Wildman–Crippen LogP) is 3.96. The molecule has 0 aliphatic carbocycles. The Kier molecular flexibility index (Phi) is 8.54. The van der Waals surface area contributed by atoms with E-state index in [1.165, 1.54) is 51.9 Å². The molecule has 2 fully saturated rings. The molecule has 9 nitrogen and oxygen atoms in total. The zero-order chi connectivity index (χ0) is 31.8. The molecule has 2 saturated heterocycles. The Morgan fingerprint density at radius 1 is 1.09 bits per heavy atom. The van der Waals surface area contributed by atoms with Crippen molar-refractivity contribution in [1.29, 1.82) is 0 Å². The first-order chi connectivity index (χ1) is 20.8. The van der Waals surface area contributed by atoms with Crippen LogP contribution in [-0.2, 0) is 22.6 Å². The number of hydrogen-bond acceptors (Lipinski definition) is 7. The number of thioether (sulfide) groups is 1. The molecule has 2 unspecified atom stereocenters. The topological polar surface area (TPSA) is 119 Å². The summed E-state index contributed by atoms with van der Waals surface area (Å²) in [5.74, 6) is -2.15. The van der Waals surface area contributed by atoms with Gasteiger partial charge in [0.05, 0.1) is 11.9 Å². The van der Waals surface area contributed by atoms with Gasteiger partial charge in [0.25, 0.3) is 11.8 Å². The Bertz CT molecular complexity index is 1570. The Hall–Kier alpha value is -4.23. The Labute approximate surface area is 255 Å². The van der Waals surface area contributed by atoms with Gasteiger partial charge in [-0.25, -0.2) is 0 Å². The SMILES string of the molecule is Cc1c(O)cccc1C(=O)N[C@@H](Cc1ccccc1)C(O)C(=O)N1CSC2(C)[C@H]1C(=O)N2Cc1cccc(OC(F)(F)F)c1. The summed E-state index contributed by atoms with van der Waals surface area (Å²) in [4.78, 5) is 42.1. The van der Waals surface area contributed by atoms with Crippen LogP contribution in [0.4, 0.5) is 13.2 Å². The fourth-order valence-electron chi connectivity index (χ4n) is 5.55. The minimum atomic E-state index is -4.86. The van der Waals surface area contributed by atoms with Crippen molar-refractivity contribution in [2.24, 2.45) is 0 Å². The number of nitrogens with zero attached hydrogens (tertiary/aromatic N) is 2. The number of fused-ring (bicyclic) bond motifs is 1. The number of benzene rings is 3. The molecule has 4 atom stereocenters. The molecule has 232 valence electrons. The summed E-state index contributed by atoms with van der Waals surface area (Å²) in [6.45, 7) is 3.33. The highest BCUT2D eigenvalue weighted by Gasteiger charge is 2.65. The van der Waals surface area contributed by atoms with Gasteiger partial charge in [-0.05, 0) is 55.7 Å². The van der Waals surface area contributed by atoms with Gasteiger partial charge >= 0.3 is 6.36 Å². The van der Waals surface area contributed by atoms with Gasteiger partial charge in [-0.15, -0.1) is 24.9 Å². The molecule has 5 rings (SSSR count). The van der Waals surface area contributed by atoms with E-state index >= 15 is 0 Å². The lowest BCUT2D eigenvalue weighted by atomic mass is 9.92. The van der Waals surface area contributed by atoms with Crippen molar-refractivity contribution in [3.05, 3.63) is 95.1 Å². The van der Waals surface area contributed by atoms with Gasteiger partial charge < -0.3 is 30.1 Å². The van der Waals surface area contributed by atoms with Crippen molar-refractivity contribution in [3.63, 3.8) is 0 Å². The third-order valence-corrected chi connectivity index (χ3v) is 9.34. The van der Waals surface area contributed by atoms with Crippen LogP contribution in [0.2, 0.25) is 0 Å². The maximum Gasteiger partial charge on any atom is 0.573 e. The molecule has 3 N–H and O–H groups in total. The number of alkyl halides is 3. The Balaban J connectivity index is 1.32. The molecule has 2 aliphatic heterocycles. The van der Waals surface area contributed by atoms with Gasteiger partial charge in [0.15, 0.2) is 6.10 Å². The van der Waals surface area contributed by atoms with Crippen LogP contribution in [-0.4, -0.2) is 73.0 Å². The fraction of sp³-hybridized carbons (Fsp3) is 0.323. The average molecular weight is 630 g/mol. The van der Waals surface area contributed by atoms with E-state index in [1.54, 1.807) is 44.2 Å². The van der Waals surface area contributed by atoms with Gasteiger partial charge in [-0.3, -0.25) is 14.4 Å². The zero-order valence-corrected chi connectivity index (χ0v) is 24.6. The third kappa shape index (κ3) is 6.20. The molecule has 3 aromatic rings. The number of phenols is 1. The van der Waals surface area contributed by atoms with Gasteiger partial charge in [0.2, 0.25) is 5.91 Å². The largest absolute Gasteiger partial charge is 0.573 e. The molecule has 13 heteroatoms. The Morgan fingerprint density at radius 2 is 1.77 bits per heavy atom. The van der Waals surface area contributed by atoms with E-state index < -0.39 is 52.9 Å². The molecule has 0 bridgehead atoms. The number of likely N-dealkylation sites (tertiary alicyclic amines) is 1. The van der Waals surface area contributed by atoms with Crippen molar-refractivity contribution >= 4 is 29.5 Å². The van der Waals surface area contributed by atoms with E-state index in [2.05, 4.69) is 10.1 Å². The quantitative estimate of drug-likeness (QED) is 0.307. The normalized spacial score (nSPS) is 20.9. The molecule has 2 heterocycles. The van der Waals surface area contributed by atoms with Gasteiger partial charge in [0, 0.05) is 17.7 Å². The number of β-lactam (4-membered cyclic amide) rings is 1. The van der Waals surface area contributed by atoms with Gasteiger partial charge in [-0.1, -0.05) is 48.5 Å². The van der Waals surface area contributed by atoms with Crippen molar-refractivity contribution in [3.8, 4) is 11.5 Å². The summed E-state index contributed by atoms with van der Waals surface area (Å²) < 4.78 is 42.0. The van der Waals surface area contributed by atoms with Gasteiger partial charge in [0.1, 0.15) is 22.4 Å². The predicted molar refractivity (Wildman–Crippen MR) is 155 cm³/mol. The van der Waals surface area contributed by atoms with Crippen LogP contribution in [0.5, 0.6) is 11.5 Å².